The molecule has 0 bridgehead atoms. The van der Waals surface area contributed by atoms with Crippen LogP contribution in [0, 0.1) is 5.82 Å². The molecule has 1 aliphatic heterocycles. The van der Waals surface area contributed by atoms with Gasteiger partial charge in [-0.05, 0) is 75.5 Å². The Balaban J connectivity index is 1.30. The highest BCUT2D eigenvalue weighted by Gasteiger charge is 2.22. The Morgan fingerprint density at radius 2 is 1.91 bits per heavy atom. The summed E-state index contributed by atoms with van der Waals surface area (Å²) in [7, 11) is -3.36. The molecular formula is C23H29FN6O2S. The second kappa shape index (κ2) is 9.96. The van der Waals surface area contributed by atoms with E-state index in [1.165, 1.54) is 12.3 Å². The lowest BCUT2D eigenvalue weighted by Gasteiger charge is -2.31. The number of pyridine rings is 1. The van der Waals surface area contributed by atoms with Gasteiger partial charge < -0.3 is 0 Å². The number of nitrogens with zero attached hydrogens (tertiary/aromatic N) is 5. The molecule has 0 saturated carbocycles. The average molecular weight is 473 g/mol. The molecule has 10 heteroatoms. The van der Waals surface area contributed by atoms with Crippen molar-refractivity contribution in [1.29, 1.82) is 0 Å². The van der Waals surface area contributed by atoms with Crippen molar-refractivity contribution in [3.63, 3.8) is 0 Å². The number of rotatable bonds is 8. The molecule has 0 radical (unpaired) electrons. The lowest BCUT2D eigenvalue weighted by Crippen LogP contribution is -2.32. The number of hydrogen-bond donors (Lipinski definition) is 1. The van der Waals surface area contributed by atoms with Gasteiger partial charge in [0.15, 0.2) is 0 Å². The van der Waals surface area contributed by atoms with Crippen LogP contribution in [0.5, 0.6) is 0 Å². The Bertz CT molecular complexity index is 1170. The van der Waals surface area contributed by atoms with Gasteiger partial charge in [0.25, 0.3) is 0 Å². The fraction of sp³-hybridized carbons (Fsp3) is 0.435. The van der Waals surface area contributed by atoms with Crippen LogP contribution in [0.3, 0.4) is 0 Å². The standard InChI is InChI=1S/C23H29FN6O2S/c1-17(2)33(31,32)27-21-5-3-4-19(12-21)18-8-10-29(11-9-18)14-23-16-30(28-26-23)15-22-7-6-20(24)13-25-22/h3-7,12-13,16-18,27H,8-11,14-15H2,1-2H3. The summed E-state index contributed by atoms with van der Waals surface area (Å²) in [6, 6.07) is 10.8. The van der Waals surface area contributed by atoms with Gasteiger partial charge in [0, 0.05) is 12.2 Å². The molecule has 3 heterocycles. The molecule has 4 rings (SSSR count). The quantitative estimate of drug-likeness (QED) is 0.540. The van der Waals surface area contributed by atoms with Crippen molar-refractivity contribution >= 4 is 15.7 Å². The summed E-state index contributed by atoms with van der Waals surface area (Å²) >= 11 is 0. The zero-order chi connectivity index (χ0) is 23.4. The summed E-state index contributed by atoms with van der Waals surface area (Å²) in [5.41, 5.74) is 3.40. The van der Waals surface area contributed by atoms with Crippen LogP contribution in [-0.2, 0) is 23.1 Å². The van der Waals surface area contributed by atoms with Crippen LogP contribution in [0.25, 0.3) is 0 Å². The predicted molar refractivity (Wildman–Crippen MR) is 125 cm³/mol. The monoisotopic (exact) mass is 472 g/mol. The molecule has 1 aromatic carbocycles. The number of sulfonamides is 1. The zero-order valence-electron chi connectivity index (χ0n) is 18.9. The number of aromatic nitrogens is 4. The van der Waals surface area contributed by atoms with Crippen molar-refractivity contribution < 1.29 is 12.8 Å². The molecule has 0 aliphatic carbocycles. The number of likely N-dealkylation sites (tertiary alicyclic amines) is 1. The average Bonchev–Trinajstić information content (AvgIpc) is 3.22. The number of anilines is 1. The van der Waals surface area contributed by atoms with Crippen LogP contribution in [0.4, 0.5) is 10.1 Å². The summed E-state index contributed by atoms with van der Waals surface area (Å²) in [5, 5.41) is 7.95. The van der Waals surface area contributed by atoms with Crippen molar-refractivity contribution in [2.75, 3.05) is 17.8 Å². The van der Waals surface area contributed by atoms with E-state index in [4.69, 9.17) is 0 Å². The molecule has 33 heavy (non-hydrogen) atoms. The second-order valence-electron chi connectivity index (χ2n) is 8.75. The third-order valence-electron chi connectivity index (χ3n) is 5.91. The molecule has 1 fully saturated rings. The van der Waals surface area contributed by atoms with Gasteiger partial charge in [-0.1, -0.05) is 17.3 Å². The van der Waals surface area contributed by atoms with E-state index in [0.717, 1.165) is 49.4 Å². The summed E-state index contributed by atoms with van der Waals surface area (Å²) in [6.07, 6.45) is 5.09. The molecular weight excluding hydrogens is 443 g/mol. The Hall–Kier alpha value is -2.85. The number of benzene rings is 1. The molecule has 3 aromatic rings. The molecule has 0 atom stereocenters. The van der Waals surface area contributed by atoms with Crippen LogP contribution in [0.1, 0.15) is 49.6 Å². The van der Waals surface area contributed by atoms with Gasteiger partial charge in [-0.2, -0.15) is 0 Å². The molecule has 0 amide bonds. The van der Waals surface area contributed by atoms with Gasteiger partial charge in [0.1, 0.15) is 5.82 Å². The van der Waals surface area contributed by atoms with Crippen LogP contribution in [0.2, 0.25) is 0 Å². The molecule has 0 spiro atoms. The predicted octanol–water partition coefficient (Wildman–Crippen LogP) is 3.39. The Morgan fingerprint density at radius 3 is 2.61 bits per heavy atom. The van der Waals surface area contributed by atoms with Gasteiger partial charge in [-0.3, -0.25) is 14.6 Å². The summed E-state index contributed by atoms with van der Waals surface area (Å²) in [6.45, 7) is 6.36. The third-order valence-corrected chi connectivity index (χ3v) is 7.67. The van der Waals surface area contributed by atoms with Crippen molar-refractivity contribution in [3.8, 4) is 0 Å². The SMILES string of the molecule is CC(C)S(=O)(=O)Nc1cccc(C2CCN(Cc3cn(Cc4ccc(F)cn4)nn3)CC2)c1. The highest BCUT2D eigenvalue weighted by molar-refractivity contribution is 7.93. The smallest absolute Gasteiger partial charge is 0.235 e. The van der Waals surface area contributed by atoms with Crippen molar-refractivity contribution in [1.82, 2.24) is 24.9 Å². The number of nitrogens with one attached hydrogen (secondary N) is 1. The van der Waals surface area contributed by atoms with Gasteiger partial charge in [-0.25, -0.2) is 17.5 Å². The minimum absolute atomic E-state index is 0.356. The van der Waals surface area contributed by atoms with Gasteiger partial charge in [0.2, 0.25) is 10.0 Å². The van der Waals surface area contributed by atoms with Gasteiger partial charge in [-0.15, -0.1) is 5.10 Å². The fourth-order valence-corrected chi connectivity index (χ4v) is 4.64. The lowest BCUT2D eigenvalue weighted by molar-refractivity contribution is 0.202. The van der Waals surface area contributed by atoms with E-state index in [1.54, 1.807) is 30.7 Å². The third kappa shape index (κ3) is 6.14. The first-order chi connectivity index (χ1) is 15.8. The topological polar surface area (TPSA) is 93.0 Å². The van der Waals surface area contributed by atoms with Gasteiger partial charge >= 0.3 is 0 Å². The van der Waals surface area contributed by atoms with Crippen molar-refractivity contribution in [3.05, 3.63) is 71.6 Å². The number of halogens is 1. The Kier molecular flexibility index (Phi) is 7.04. The maximum atomic E-state index is 13.0. The molecule has 0 unspecified atom stereocenters. The minimum atomic E-state index is -3.36. The van der Waals surface area contributed by atoms with E-state index in [-0.39, 0.29) is 5.82 Å². The molecule has 1 saturated heterocycles. The number of piperidine rings is 1. The van der Waals surface area contributed by atoms with Crippen LogP contribution >= 0.6 is 0 Å². The summed E-state index contributed by atoms with van der Waals surface area (Å²) in [5.74, 6) is 0.0370. The first-order valence-corrected chi connectivity index (χ1v) is 12.7. The van der Waals surface area contributed by atoms with Gasteiger partial charge in [0.05, 0.1) is 35.6 Å². The highest BCUT2D eigenvalue weighted by atomic mass is 32.2. The second-order valence-corrected chi connectivity index (χ2v) is 11.0. The van der Waals surface area contributed by atoms with Crippen molar-refractivity contribution in [2.24, 2.45) is 0 Å². The maximum absolute atomic E-state index is 13.0. The number of hydrogen-bond acceptors (Lipinski definition) is 6. The summed E-state index contributed by atoms with van der Waals surface area (Å²) in [4.78, 5) is 6.41. The minimum Gasteiger partial charge on any atom is -0.297 e. The normalized spacial score (nSPS) is 15.8. The molecule has 176 valence electrons. The molecule has 8 nitrogen and oxygen atoms in total. The van der Waals surface area contributed by atoms with E-state index in [0.29, 0.717) is 18.2 Å². The zero-order valence-corrected chi connectivity index (χ0v) is 19.7. The van der Waals surface area contributed by atoms with E-state index in [1.807, 2.05) is 18.3 Å². The molecule has 2 aromatic heterocycles. The maximum Gasteiger partial charge on any atom is 0.235 e. The molecule has 1 aliphatic rings. The Labute approximate surface area is 193 Å². The van der Waals surface area contributed by atoms with Crippen LogP contribution in [-0.4, -0.2) is 51.6 Å². The first kappa shape index (κ1) is 23.3. The van der Waals surface area contributed by atoms with E-state index in [9.17, 15) is 12.8 Å². The first-order valence-electron chi connectivity index (χ1n) is 11.1. The molecule has 1 N–H and O–H groups in total. The largest absolute Gasteiger partial charge is 0.297 e. The van der Waals surface area contributed by atoms with E-state index in [2.05, 4.69) is 31.0 Å². The fourth-order valence-electron chi connectivity index (χ4n) is 3.95. The van der Waals surface area contributed by atoms with Crippen LogP contribution < -0.4 is 4.72 Å². The summed E-state index contributed by atoms with van der Waals surface area (Å²) < 4.78 is 41.8. The van der Waals surface area contributed by atoms with E-state index < -0.39 is 15.3 Å². The van der Waals surface area contributed by atoms with E-state index >= 15 is 0 Å². The van der Waals surface area contributed by atoms with Crippen LogP contribution in [0.15, 0.2) is 48.8 Å². The van der Waals surface area contributed by atoms with Crippen molar-refractivity contribution in [2.45, 2.75) is 50.9 Å². The highest BCUT2D eigenvalue weighted by Crippen LogP contribution is 2.30. The Morgan fingerprint density at radius 1 is 1.12 bits per heavy atom. The lowest BCUT2D eigenvalue weighted by atomic mass is 9.89.